The number of aryl methyl sites for hydroxylation is 1. The smallest absolute Gasteiger partial charge is 0.407 e. The van der Waals surface area contributed by atoms with Crippen molar-refractivity contribution >= 4 is 16.2 Å². The first-order valence-electron chi connectivity index (χ1n) is 11.5. The summed E-state index contributed by atoms with van der Waals surface area (Å²) in [6, 6.07) is 6.72. The summed E-state index contributed by atoms with van der Waals surface area (Å²) in [5, 5.41) is 2.79. The highest BCUT2D eigenvalue weighted by Crippen LogP contribution is 2.15. The third kappa shape index (κ3) is 14.2. The molecule has 0 fully saturated rings. The van der Waals surface area contributed by atoms with Gasteiger partial charge in [0, 0.05) is 6.54 Å². The van der Waals surface area contributed by atoms with Crippen LogP contribution in [0.15, 0.2) is 29.2 Å². The Hall–Kier alpha value is -1.60. The maximum atomic E-state index is 12.1. The van der Waals surface area contributed by atoms with Crippen LogP contribution >= 0.6 is 0 Å². The number of nitrogens with one attached hydrogen (secondary N) is 1. The Morgan fingerprint density at radius 1 is 0.839 bits per heavy atom. The van der Waals surface area contributed by atoms with Gasteiger partial charge in [-0.05, 0) is 52.7 Å². The van der Waals surface area contributed by atoms with Crippen LogP contribution in [0.3, 0.4) is 0 Å². The zero-order valence-corrected chi connectivity index (χ0v) is 20.6. The molecule has 178 valence electrons. The van der Waals surface area contributed by atoms with Crippen LogP contribution in [0.4, 0.5) is 4.79 Å². The summed E-state index contributed by atoms with van der Waals surface area (Å²) in [6.07, 6.45) is 10.6. The van der Waals surface area contributed by atoms with E-state index in [-0.39, 0.29) is 17.6 Å². The number of hydrogen-bond donors (Lipinski definition) is 1. The van der Waals surface area contributed by atoms with E-state index in [0.717, 1.165) is 37.7 Å². The van der Waals surface area contributed by atoms with Crippen LogP contribution in [0.1, 0.15) is 90.5 Å². The average molecular weight is 456 g/mol. The highest BCUT2D eigenvalue weighted by atomic mass is 32.2. The Bertz CT molecular complexity index is 723. The molecule has 0 atom stereocenters. The third-order valence-corrected chi connectivity index (χ3v) is 6.11. The Morgan fingerprint density at radius 2 is 1.32 bits per heavy atom. The predicted octanol–water partition coefficient (Wildman–Crippen LogP) is 6.13. The lowest BCUT2D eigenvalue weighted by atomic mass is 10.1. The van der Waals surface area contributed by atoms with Gasteiger partial charge in [-0.3, -0.25) is 4.18 Å². The first-order valence-corrected chi connectivity index (χ1v) is 12.9. The molecule has 0 saturated heterocycles. The standard InChI is InChI=1S/C24H41NO5S/c1-21-15-17-22(18-16-21)31(27,28)29-20-14-12-10-8-6-5-7-9-11-13-19-25-23(26)30-24(2,3)4/h15-18H,5-14,19-20H2,1-4H3,(H,25,26). The summed E-state index contributed by atoms with van der Waals surface area (Å²) in [5.41, 5.74) is 0.574. The number of rotatable bonds is 15. The van der Waals surface area contributed by atoms with E-state index >= 15 is 0 Å². The van der Waals surface area contributed by atoms with Crippen molar-refractivity contribution < 1.29 is 22.1 Å². The van der Waals surface area contributed by atoms with Gasteiger partial charge in [-0.25, -0.2) is 4.79 Å². The van der Waals surface area contributed by atoms with Crippen LogP contribution in [0, 0.1) is 6.92 Å². The monoisotopic (exact) mass is 455 g/mol. The molecular weight excluding hydrogens is 414 g/mol. The van der Waals surface area contributed by atoms with Crippen LogP contribution in [-0.2, 0) is 19.0 Å². The molecule has 0 aromatic heterocycles. The first-order chi connectivity index (χ1) is 14.6. The maximum Gasteiger partial charge on any atom is 0.407 e. The molecule has 0 unspecified atom stereocenters. The fourth-order valence-electron chi connectivity index (χ4n) is 3.09. The average Bonchev–Trinajstić information content (AvgIpc) is 2.67. The largest absolute Gasteiger partial charge is 0.444 e. The SMILES string of the molecule is Cc1ccc(S(=O)(=O)OCCCCCCCCCCCCNC(=O)OC(C)(C)C)cc1. The van der Waals surface area contributed by atoms with E-state index in [9.17, 15) is 13.2 Å². The van der Waals surface area contributed by atoms with Gasteiger partial charge in [-0.15, -0.1) is 0 Å². The normalized spacial score (nSPS) is 12.0. The molecule has 0 heterocycles. The molecule has 1 aromatic rings. The third-order valence-electron chi connectivity index (χ3n) is 4.79. The second-order valence-electron chi connectivity index (χ2n) is 9.05. The van der Waals surface area contributed by atoms with E-state index in [1.54, 1.807) is 24.3 Å². The maximum absolute atomic E-state index is 12.1. The van der Waals surface area contributed by atoms with Crippen LogP contribution in [0.5, 0.6) is 0 Å². The van der Waals surface area contributed by atoms with E-state index in [0.29, 0.717) is 6.54 Å². The Labute approximate surface area is 189 Å². The first kappa shape index (κ1) is 27.4. The molecule has 1 N–H and O–H groups in total. The number of unbranched alkanes of at least 4 members (excludes halogenated alkanes) is 9. The van der Waals surface area contributed by atoms with Crippen LogP contribution in [0.25, 0.3) is 0 Å². The number of hydrogen-bond acceptors (Lipinski definition) is 5. The molecule has 0 bridgehead atoms. The molecule has 7 heteroatoms. The number of carbonyl (C=O) groups excluding carboxylic acids is 1. The van der Waals surface area contributed by atoms with E-state index in [1.165, 1.54) is 32.1 Å². The Morgan fingerprint density at radius 3 is 1.84 bits per heavy atom. The molecule has 0 spiro atoms. The number of amides is 1. The lowest BCUT2D eigenvalue weighted by Crippen LogP contribution is -2.32. The summed E-state index contributed by atoms with van der Waals surface area (Å²) in [4.78, 5) is 11.7. The minimum Gasteiger partial charge on any atom is -0.444 e. The molecule has 1 amide bonds. The molecule has 0 aliphatic carbocycles. The van der Waals surface area contributed by atoms with Gasteiger partial charge in [-0.1, -0.05) is 69.1 Å². The summed E-state index contributed by atoms with van der Waals surface area (Å²) in [7, 11) is -3.63. The van der Waals surface area contributed by atoms with Gasteiger partial charge in [0.05, 0.1) is 11.5 Å². The Balaban J connectivity index is 1.90. The summed E-state index contributed by atoms with van der Waals surface area (Å²) >= 11 is 0. The molecule has 1 rings (SSSR count). The van der Waals surface area contributed by atoms with Crippen molar-refractivity contribution in [2.24, 2.45) is 0 Å². The minimum atomic E-state index is -3.63. The van der Waals surface area contributed by atoms with Gasteiger partial charge < -0.3 is 10.1 Å². The summed E-state index contributed by atoms with van der Waals surface area (Å²) < 4.78 is 34.5. The topological polar surface area (TPSA) is 81.7 Å². The molecule has 0 aliphatic heterocycles. The van der Waals surface area contributed by atoms with Gasteiger partial charge in [0.1, 0.15) is 5.60 Å². The van der Waals surface area contributed by atoms with E-state index in [4.69, 9.17) is 8.92 Å². The van der Waals surface area contributed by atoms with Crippen molar-refractivity contribution in [2.75, 3.05) is 13.2 Å². The van der Waals surface area contributed by atoms with Crippen molar-refractivity contribution in [1.29, 1.82) is 0 Å². The van der Waals surface area contributed by atoms with Crippen molar-refractivity contribution in [2.45, 2.75) is 102 Å². The second kappa shape index (κ2) is 14.5. The van der Waals surface area contributed by atoms with Gasteiger partial charge in [-0.2, -0.15) is 8.42 Å². The van der Waals surface area contributed by atoms with E-state index in [1.807, 2.05) is 27.7 Å². The molecule has 0 aliphatic rings. The van der Waals surface area contributed by atoms with Crippen molar-refractivity contribution in [3.8, 4) is 0 Å². The van der Waals surface area contributed by atoms with Crippen LogP contribution in [0.2, 0.25) is 0 Å². The molecular formula is C24H41NO5S. The quantitative estimate of drug-likeness (QED) is 0.254. The van der Waals surface area contributed by atoms with Gasteiger partial charge in [0.15, 0.2) is 0 Å². The highest BCUT2D eigenvalue weighted by Gasteiger charge is 2.15. The number of benzene rings is 1. The Kier molecular flexibility index (Phi) is 12.8. The second-order valence-corrected chi connectivity index (χ2v) is 10.7. The lowest BCUT2D eigenvalue weighted by Gasteiger charge is -2.19. The van der Waals surface area contributed by atoms with Crippen molar-refractivity contribution in [1.82, 2.24) is 5.32 Å². The zero-order chi connectivity index (χ0) is 23.2. The molecule has 1 aromatic carbocycles. The van der Waals surface area contributed by atoms with E-state index < -0.39 is 15.7 Å². The van der Waals surface area contributed by atoms with Crippen molar-refractivity contribution in [3.05, 3.63) is 29.8 Å². The minimum absolute atomic E-state index is 0.221. The van der Waals surface area contributed by atoms with Gasteiger partial charge in [0.2, 0.25) is 0 Å². The van der Waals surface area contributed by atoms with Gasteiger partial charge >= 0.3 is 6.09 Å². The molecule has 0 radical (unpaired) electrons. The fraction of sp³-hybridized carbons (Fsp3) is 0.708. The number of carbonyl (C=O) groups is 1. The molecule has 31 heavy (non-hydrogen) atoms. The van der Waals surface area contributed by atoms with Gasteiger partial charge in [0.25, 0.3) is 10.1 Å². The van der Waals surface area contributed by atoms with Crippen molar-refractivity contribution in [3.63, 3.8) is 0 Å². The summed E-state index contributed by atoms with van der Waals surface area (Å²) in [6.45, 7) is 8.40. The number of ether oxygens (including phenoxy) is 1. The highest BCUT2D eigenvalue weighted by molar-refractivity contribution is 7.86. The molecule has 0 saturated carbocycles. The van der Waals surface area contributed by atoms with Crippen LogP contribution < -0.4 is 5.32 Å². The van der Waals surface area contributed by atoms with E-state index in [2.05, 4.69) is 5.32 Å². The van der Waals surface area contributed by atoms with Crippen LogP contribution in [-0.4, -0.2) is 33.3 Å². The lowest BCUT2D eigenvalue weighted by molar-refractivity contribution is 0.0527. The fourth-order valence-corrected chi connectivity index (χ4v) is 4.03. The predicted molar refractivity (Wildman–Crippen MR) is 125 cm³/mol. The number of alkyl carbamates (subject to hydrolysis) is 1. The summed E-state index contributed by atoms with van der Waals surface area (Å²) in [5.74, 6) is 0. The molecule has 6 nitrogen and oxygen atoms in total. The zero-order valence-electron chi connectivity index (χ0n) is 19.7.